The van der Waals surface area contributed by atoms with Gasteiger partial charge in [0.25, 0.3) is 0 Å². The first-order chi connectivity index (χ1) is 8.88. The maximum Gasteiger partial charge on any atom is 0.151 e. The summed E-state index contributed by atoms with van der Waals surface area (Å²) in [7, 11) is 0. The van der Waals surface area contributed by atoms with Crippen LogP contribution >= 0.6 is 11.6 Å². The average Bonchev–Trinajstić information content (AvgIpc) is 2.43. The van der Waals surface area contributed by atoms with Gasteiger partial charge in [-0.2, -0.15) is 0 Å². The second kappa shape index (κ2) is 4.91. The van der Waals surface area contributed by atoms with E-state index in [1.807, 2.05) is 36.4 Å². The number of anilines is 2. The van der Waals surface area contributed by atoms with Crippen LogP contribution in [-0.4, -0.2) is 5.88 Å². The Morgan fingerprint density at radius 3 is 2.72 bits per heavy atom. The molecule has 2 aromatic carbocycles. The zero-order valence-corrected chi connectivity index (χ0v) is 10.7. The van der Waals surface area contributed by atoms with Crippen molar-refractivity contribution in [3.63, 3.8) is 0 Å². The molecule has 18 heavy (non-hydrogen) atoms. The van der Waals surface area contributed by atoms with Gasteiger partial charge in [-0.1, -0.05) is 24.3 Å². The van der Waals surface area contributed by atoms with Crippen molar-refractivity contribution in [1.82, 2.24) is 0 Å². The van der Waals surface area contributed by atoms with Crippen molar-refractivity contribution in [2.75, 3.05) is 11.2 Å². The van der Waals surface area contributed by atoms with Crippen molar-refractivity contribution >= 4 is 23.0 Å². The van der Waals surface area contributed by atoms with Crippen LogP contribution in [0.2, 0.25) is 0 Å². The number of hydrogen-bond donors (Lipinski definition) is 1. The molecule has 2 aromatic rings. The molecule has 0 atom stereocenters. The van der Waals surface area contributed by atoms with E-state index in [1.165, 1.54) is 5.56 Å². The van der Waals surface area contributed by atoms with Gasteiger partial charge in [0.1, 0.15) is 0 Å². The van der Waals surface area contributed by atoms with Gasteiger partial charge < -0.3 is 10.1 Å². The van der Waals surface area contributed by atoms with Gasteiger partial charge in [-0.05, 0) is 36.6 Å². The average molecular weight is 260 g/mol. The smallest absolute Gasteiger partial charge is 0.151 e. The fourth-order valence-electron chi connectivity index (χ4n) is 2.18. The summed E-state index contributed by atoms with van der Waals surface area (Å²) in [5, 5.41) is 3.45. The Hall–Kier alpha value is -1.67. The van der Waals surface area contributed by atoms with Crippen LogP contribution in [0, 0.1) is 0 Å². The van der Waals surface area contributed by atoms with Crippen molar-refractivity contribution < 1.29 is 4.74 Å². The Morgan fingerprint density at radius 2 is 1.83 bits per heavy atom. The molecule has 0 spiro atoms. The van der Waals surface area contributed by atoms with E-state index in [9.17, 15) is 0 Å². The fourth-order valence-corrected chi connectivity index (χ4v) is 2.31. The van der Waals surface area contributed by atoms with Gasteiger partial charge in [-0.15, -0.1) is 11.6 Å². The van der Waals surface area contributed by atoms with Crippen molar-refractivity contribution in [3.05, 3.63) is 48.0 Å². The number of halogens is 1. The van der Waals surface area contributed by atoms with Gasteiger partial charge in [0.05, 0.1) is 11.4 Å². The van der Waals surface area contributed by atoms with E-state index >= 15 is 0 Å². The summed E-state index contributed by atoms with van der Waals surface area (Å²) in [6, 6.07) is 14.1. The van der Waals surface area contributed by atoms with Crippen molar-refractivity contribution in [3.8, 4) is 11.5 Å². The maximum absolute atomic E-state index is 5.90. The molecule has 1 aliphatic rings. The molecular formula is C15H14ClNO. The van der Waals surface area contributed by atoms with E-state index in [4.69, 9.17) is 16.3 Å². The lowest BCUT2D eigenvalue weighted by molar-refractivity contribution is 0.480. The molecule has 0 saturated carbocycles. The fraction of sp³-hybridized carbons (Fsp3) is 0.200. The first-order valence-electron chi connectivity index (χ1n) is 6.10. The lowest BCUT2D eigenvalue weighted by Crippen LogP contribution is -2.05. The highest BCUT2D eigenvalue weighted by Crippen LogP contribution is 2.43. The van der Waals surface area contributed by atoms with Crippen LogP contribution < -0.4 is 10.1 Å². The molecule has 0 fully saturated rings. The molecule has 0 saturated heterocycles. The lowest BCUT2D eigenvalue weighted by atomic mass is 10.1. The van der Waals surface area contributed by atoms with Gasteiger partial charge in [0.2, 0.25) is 0 Å². The quantitative estimate of drug-likeness (QED) is 0.688. The monoisotopic (exact) mass is 259 g/mol. The highest BCUT2D eigenvalue weighted by molar-refractivity contribution is 6.17. The second-order valence-corrected chi connectivity index (χ2v) is 4.68. The third kappa shape index (κ3) is 2.04. The molecule has 0 amide bonds. The summed E-state index contributed by atoms with van der Waals surface area (Å²) in [6.07, 6.45) is 1.94. The predicted molar refractivity (Wildman–Crippen MR) is 75.3 cm³/mol. The number of ether oxygens (including phenoxy) is 1. The normalized spacial score (nSPS) is 12.1. The van der Waals surface area contributed by atoms with Crippen LogP contribution in [0.1, 0.15) is 12.0 Å². The highest BCUT2D eigenvalue weighted by atomic mass is 35.5. The SMILES string of the molecule is ClCCCc1cccc2c1Nc1ccccc1O2. The minimum Gasteiger partial charge on any atom is -0.453 e. The number of fused-ring (bicyclic) bond motifs is 2. The van der Waals surface area contributed by atoms with Crippen LogP contribution in [0.5, 0.6) is 11.5 Å². The Kier molecular flexibility index (Phi) is 3.11. The van der Waals surface area contributed by atoms with Crippen molar-refractivity contribution in [2.45, 2.75) is 12.8 Å². The molecule has 3 rings (SSSR count). The number of para-hydroxylation sites is 3. The van der Waals surface area contributed by atoms with E-state index in [-0.39, 0.29) is 0 Å². The molecule has 92 valence electrons. The molecule has 0 radical (unpaired) electrons. The third-order valence-electron chi connectivity index (χ3n) is 3.06. The Labute approximate surface area is 112 Å². The number of hydrogen-bond acceptors (Lipinski definition) is 2. The minimum absolute atomic E-state index is 0.682. The van der Waals surface area contributed by atoms with Crippen LogP contribution in [0.15, 0.2) is 42.5 Å². The summed E-state index contributed by atoms with van der Waals surface area (Å²) >= 11 is 5.76. The molecule has 1 aliphatic heterocycles. The summed E-state index contributed by atoms with van der Waals surface area (Å²) in [5.41, 5.74) is 3.34. The van der Waals surface area contributed by atoms with Gasteiger partial charge in [0, 0.05) is 5.88 Å². The predicted octanol–water partition coefficient (Wildman–Crippen LogP) is 4.71. The van der Waals surface area contributed by atoms with Crippen LogP contribution in [0.4, 0.5) is 11.4 Å². The van der Waals surface area contributed by atoms with Crippen molar-refractivity contribution in [2.24, 2.45) is 0 Å². The van der Waals surface area contributed by atoms with Crippen LogP contribution in [-0.2, 0) is 6.42 Å². The molecule has 0 bridgehead atoms. The third-order valence-corrected chi connectivity index (χ3v) is 3.33. The standard InChI is InChI=1S/C15H14ClNO/c16-10-4-6-11-5-3-9-14-15(11)17-12-7-1-2-8-13(12)18-14/h1-3,5,7-9,17H,4,6,10H2. The van der Waals surface area contributed by atoms with E-state index in [1.54, 1.807) is 0 Å². The van der Waals surface area contributed by atoms with E-state index in [2.05, 4.69) is 11.4 Å². The van der Waals surface area contributed by atoms with Crippen molar-refractivity contribution in [1.29, 1.82) is 0 Å². The van der Waals surface area contributed by atoms with Crippen LogP contribution in [0.3, 0.4) is 0 Å². The first-order valence-corrected chi connectivity index (χ1v) is 6.63. The number of aryl methyl sites for hydroxylation is 1. The topological polar surface area (TPSA) is 21.3 Å². The lowest BCUT2D eigenvalue weighted by Gasteiger charge is -2.23. The first kappa shape index (κ1) is 11.4. The van der Waals surface area contributed by atoms with Gasteiger partial charge >= 0.3 is 0 Å². The minimum atomic E-state index is 0.682. The molecular weight excluding hydrogens is 246 g/mol. The molecule has 1 heterocycles. The van der Waals surface area contributed by atoms with E-state index < -0.39 is 0 Å². The van der Waals surface area contributed by atoms with E-state index in [0.29, 0.717) is 5.88 Å². The molecule has 0 unspecified atom stereocenters. The number of alkyl halides is 1. The summed E-state index contributed by atoms with van der Waals surface area (Å²) < 4.78 is 5.90. The largest absolute Gasteiger partial charge is 0.453 e. The molecule has 0 aliphatic carbocycles. The zero-order chi connectivity index (χ0) is 12.4. The Balaban J connectivity index is 1.97. The highest BCUT2D eigenvalue weighted by Gasteiger charge is 2.17. The Bertz CT molecular complexity index is 568. The van der Waals surface area contributed by atoms with Gasteiger partial charge in [-0.25, -0.2) is 0 Å². The second-order valence-electron chi connectivity index (χ2n) is 4.31. The molecule has 2 nitrogen and oxygen atoms in total. The number of nitrogens with one attached hydrogen (secondary N) is 1. The zero-order valence-electron chi connectivity index (χ0n) is 9.95. The molecule has 1 N–H and O–H groups in total. The summed E-state index contributed by atoms with van der Waals surface area (Å²) in [4.78, 5) is 0. The molecule has 3 heteroatoms. The van der Waals surface area contributed by atoms with E-state index in [0.717, 1.165) is 35.7 Å². The molecule has 0 aromatic heterocycles. The summed E-state index contributed by atoms with van der Waals surface area (Å²) in [5.74, 6) is 2.45. The van der Waals surface area contributed by atoms with Crippen LogP contribution in [0.25, 0.3) is 0 Å². The number of rotatable bonds is 3. The Morgan fingerprint density at radius 1 is 1.00 bits per heavy atom. The summed E-state index contributed by atoms with van der Waals surface area (Å²) in [6.45, 7) is 0. The van der Waals surface area contributed by atoms with Gasteiger partial charge in [-0.3, -0.25) is 0 Å². The van der Waals surface area contributed by atoms with Gasteiger partial charge in [0.15, 0.2) is 11.5 Å². The number of benzene rings is 2. The maximum atomic E-state index is 5.90.